The molecule has 0 radical (unpaired) electrons. The Kier molecular flexibility index (Phi) is 4.26. The van der Waals surface area contributed by atoms with Crippen LogP contribution in [0.15, 0.2) is 0 Å². The standard InChI is InChI=1S/C14H27NO/c1-10-7-11(2)9-12(8-10)15-13-5-4-6-14(13)16-3/h10-15H,4-9H2,1-3H3. The normalized spacial score (nSPS) is 44.8. The van der Waals surface area contributed by atoms with Gasteiger partial charge in [-0.25, -0.2) is 0 Å². The van der Waals surface area contributed by atoms with Crippen LogP contribution in [-0.2, 0) is 4.74 Å². The van der Waals surface area contributed by atoms with E-state index in [-0.39, 0.29) is 0 Å². The molecule has 2 aliphatic rings. The summed E-state index contributed by atoms with van der Waals surface area (Å²) in [5, 5.41) is 3.85. The largest absolute Gasteiger partial charge is 0.380 e. The summed E-state index contributed by atoms with van der Waals surface area (Å²) in [7, 11) is 1.86. The Morgan fingerprint density at radius 3 is 2.31 bits per heavy atom. The Balaban J connectivity index is 1.84. The molecule has 4 unspecified atom stereocenters. The molecule has 2 nitrogen and oxygen atoms in total. The lowest BCUT2D eigenvalue weighted by atomic mass is 9.80. The molecule has 2 rings (SSSR count). The highest BCUT2D eigenvalue weighted by Gasteiger charge is 2.31. The minimum atomic E-state index is 0.465. The maximum Gasteiger partial charge on any atom is 0.0724 e. The lowest BCUT2D eigenvalue weighted by Gasteiger charge is -2.35. The first-order valence-electron chi connectivity index (χ1n) is 6.98. The van der Waals surface area contributed by atoms with E-state index in [1.807, 2.05) is 7.11 Å². The van der Waals surface area contributed by atoms with Crippen molar-refractivity contribution >= 4 is 0 Å². The quantitative estimate of drug-likeness (QED) is 0.797. The fraction of sp³-hybridized carbons (Fsp3) is 1.00. The van der Waals surface area contributed by atoms with Gasteiger partial charge in [-0.15, -0.1) is 0 Å². The molecule has 1 N–H and O–H groups in total. The van der Waals surface area contributed by atoms with E-state index in [2.05, 4.69) is 19.2 Å². The molecular weight excluding hydrogens is 198 g/mol. The lowest BCUT2D eigenvalue weighted by Crippen LogP contribution is -2.46. The molecule has 2 fully saturated rings. The van der Waals surface area contributed by atoms with Gasteiger partial charge in [0.2, 0.25) is 0 Å². The summed E-state index contributed by atoms with van der Waals surface area (Å²) in [4.78, 5) is 0. The van der Waals surface area contributed by atoms with Gasteiger partial charge in [0.05, 0.1) is 6.10 Å². The van der Waals surface area contributed by atoms with Crippen LogP contribution in [0.3, 0.4) is 0 Å². The Labute approximate surface area is 100 Å². The fourth-order valence-electron chi connectivity index (χ4n) is 3.78. The molecule has 0 spiro atoms. The predicted octanol–water partition coefficient (Wildman–Crippen LogP) is 2.97. The number of hydrogen-bond acceptors (Lipinski definition) is 2. The van der Waals surface area contributed by atoms with E-state index < -0.39 is 0 Å². The summed E-state index contributed by atoms with van der Waals surface area (Å²) in [6.07, 6.45) is 8.47. The van der Waals surface area contributed by atoms with Crippen molar-refractivity contribution in [1.82, 2.24) is 5.32 Å². The second-order valence-electron chi connectivity index (χ2n) is 6.09. The molecule has 0 heterocycles. The molecule has 94 valence electrons. The Bertz CT molecular complexity index is 209. The number of methoxy groups -OCH3 is 1. The van der Waals surface area contributed by atoms with Crippen molar-refractivity contribution in [2.24, 2.45) is 11.8 Å². The van der Waals surface area contributed by atoms with Crippen LogP contribution in [0.25, 0.3) is 0 Å². The Morgan fingerprint density at radius 1 is 1.00 bits per heavy atom. The molecule has 0 saturated heterocycles. The van der Waals surface area contributed by atoms with Gasteiger partial charge >= 0.3 is 0 Å². The molecule has 2 heteroatoms. The third kappa shape index (κ3) is 2.98. The highest BCUT2D eigenvalue weighted by Crippen LogP contribution is 2.30. The molecule has 0 aromatic carbocycles. The van der Waals surface area contributed by atoms with E-state index in [4.69, 9.17) is 4.74 Å². The molecule has 0 amide bonds. The molecule has 0 aromatic rings. The average molecular weight is 225 g/mol. The first kappa shape index (κ1) is 12.4. The number of hydrogen-bond donors (Lipinski definition) is 1. The minimum absolute atomic E-state index is 0.465. The number of rotatable bonds is 3. The summed E-state index contributed by atoms with van der Waals surface area (Å²) >= 11 is 0. The third-order valence-corrected chi connectivity index (χ3v) is 4.38. The van der Waals surface area contributed by atoms with E-state index in [1.165, 1.54) is 38.5 Å². The highest BCUT2D eigenvalue weighted by atomic mass is 16.5. The number of ether oxygens (including phenoxy) is 1. The van der Waals surface area contributed by atoms with Crippen LogP contribution in [0.2, 0.25) is 0 Å². The summed E-state index contributed by atoms with van der Waals surface area (Å²) in [6.45, 7) is 4.79. The molecule has 16 heavy (non-hydrogen) atoms. The Morgan fingerprint density at radius 2 is 1.69 bits per heavy atom. The highest BCUT2D eigenvalue weighted by molar-refractivity contribution is 4.89. The topological polar surface area (TPSA) is 21.3 Å². The van der Waals surface area contributed by atoms with Crippen LogP contribution in [0, 0.1) is 11.8 Å². The molecule has 2 aliphatic carbocycles. The second kappa shape index (κ2) is 5.50. The van der Waals surface area contributed by atoms with Crippen molar-refractivity contribution in [2.75, 3.05) is 7.11 Å². The molecule has 0 aliphatic heterocycles. The van der Waals surface area contributed by atoms with Crippen molar-refractivity contribution in [3.63, 3.8) is 0 Å². The number of nitrogens with one attached hydrogen (secondary N) is 1. The monoisotopic (exact) mass is 225 g/mol. The van der Waals surface area contributed by atoms with Crippen LogP contribution in [0.5, 0.6) is 0 Å². The lowest BCUT2D eigenvalue weighted by molar-refractivity contribution is 0.0753. The van der Waals surface area contributed by atoms with Crippen molar-refractivity contribution in [2.45, 2.75) is 70.6 Å². The van der Waals surface area contributed by atoms with Crippen LogP contribution < -0.4 is 5.32 Å². The molecule has 0 bridgehead atoms. The van der Waals surface area contributed by atoms with Gasteiger partial charge < -0.3 is 10.1 Å². The maximum atomic E-state index is 5.56. The molecular formula is C14H27NO. The summed E-state index contributed by atoms with van der Waals surface area (Å²) < 4.78 is 5.56. The van der Waals surface area contributed by atoms with E-state index in [0.717, 1.165) is 17.9 Å². The van der Waals surface area contributed by atoms with Crippen LogP contribution in [0.4, 0.5) is 0 Å². The van der Waals surface area contributed by atoms with Crippen molar-refractivity contribution in [1.29, 1.82) is 0 Å². The van der Waals surface area contributed by atoms with Crippen LogP contribution in [-0.4, -0.2) is 25.3 Å². The van der Waals surface area contributed by atoms with E-state index in [0.29, 0.717) is 12.1 Å². The van der Waals surface area contributed by atoms with Gasteiger partial charge in [-0.3, -0.25) is 0 Å². The maximum absolute atomic E-state index is 5.56. The average Bonchev–Trinajstić information content (AvgIpc) is 2.63. The van der Waals surface area contributed by atoms with Gasteiger partial charge in [0.25, 0.3) is 0 Å². The van der Waals surface area contributed by atoms with Gasteiger partial charge in [-0.2, -0.15) is 0 Å². The minimum Gasteiger partial charge on any atom is -0.380 e. The van der Waals surface area contributed by atoms with Crippen molar-refractivity contribution in [3.05, 3.63) is 0 Å². The van der Waals surface area contributed by atoms with Gasteiger partial charge in [-0.1, -0.05) is 13.8 Å². The zero-order chi connectivity index (χ0) is 11.5. The van der Waals surface area contributed by atoms with Crippen molar-refractivity contribution in [3.8, 4) is 0 Å². The Hall–Kier alpha value is -0.0800. The fourth-order valence-corrected chi connectivity index (χ4v) is 3.78. The zero-order valence-electron chi connectivity index (χ0n) is 11.0. The molecule has 2 saturated carbocycles. The van der Waals surface area contributed by atoms with E-state index in [9.17, 15) is 0 Å². The van der Waals surface area contributed by atoms with E-state index in [1.54, 1.807) is 0 Å². The van der Waals surface area contributed by atoms with E-state index >= 15 is 0 Å². The predicted molar refractivity (Wildman–Crippen MR) is 67.5 cm³/mol. The van der Waals surface area contributed by atoms with Crippen molar-refractivity contribution < 1.29 is 4.74 Å². The smallest absolute Gasteiger partial charge is 0.0724 e. The molecule has 0 aromatic heterocycles. The van der Waals surface area contributed by atoms with Gasteiger partial charge in [0, 0.05) is 19.2 Å². The van der Waals surface area contributed by atoms with Gasteiger partial charge in [0.15, 0.2) is 0 Å². The summed E-state index contributed by atoms with van der Waals surface area (Å²) in [5.41, 5.74) is 0. The third-order valence-electron chi connectivity index (χ3n) is 4.38. The van der Waals surface area contributed by atoms with Gasteiger partial charge in [0.1, 0.15) is 0 Å². The molecule has 4 atom stereocenters. The van der Waals surface area contributed by atoms with Crippen LogP contribution >= 0.6 is 0 Å². The first-order chi connectivity index (χ1) is 7.69. The summed E-state index contributed by atoms with van der Waals surface area (Å²) in [5.74, 6) is 1.78. The second-order valence-corrected chi connectivity index (χ2v) is 6.09. The first-order valence-corrected chi connectivity index (χ1v) is 6.98. The SMILES string of the molecule is COC1CCCC1NC1CC(C)CC(C)C1. The summed E-state index contributed by atoms with van der Waals surface area (Å²) in [6, 6.07) is 1.35. The van der Waals surface area contributed by atoms with Gasteiger partial charge in [-0.05, 0) is 50.4 Å². The zero-order valence-corrected chi connectivity index (χ0v) is 11.0. The van der Waals surface area contributed by atoms with Crippen LogP contribution in [0.1, 0.15) is 52.4 Å².